The lowest BCUT2D eigenvalue weighted by Gasteiger charge is -2.12. The minimum absolute atomic E-state index is 0.617. The van der Waals surface area contributed by atoms with Crippen LogP contribution in [0.15, 0.2) is 24.5 Å². The second-order valence-electron chi connectivity index (χ2n) is 5.32. The lowest BCUT2D eigenvalue weighted by atomic mass is 10.1. The summed E-state index contributed by atoms with van der Waals surface area (Å²) < 4.78 is 5.71. The second kappa shape index (κ2) is 7.49. The second-order valence-corrected chi connectivity index (χ2v) is 5.32. The smallest absolute Gasteiger partial charge is 0.0503 e. The molecule has 1 N–H and O–H groups in total. The normalized spacial score (nSPS) is 16.7. The van der Waals surface area contributed by atoms with E-state index in [9.17, 15) is 0 Å². The molecule has 0 radical (unpaired) electrons. The van der Waals surface area contributed by atoms with Crippen molar-refractivity contribution >= 4 is 0 Å². The lowest BCUT2D eigenvalue weighted by molar-refractivity contribution is 0.102. The van der Waals surface area contributed by atoms with Crippen molar-refractivity contribution in [2.24, 2.45) is 5.92 Å². The maximum Gasteiger partial charge on any atom is 0.0503 e. The quantitative estimate of drug-likeness (QED) is 0.681. The molecule has 1 heterocycles. The molecule has 0 saturated heterocycles. The summed E-state index contributed by atoms with van der Waals surface area (Å²) in [6.45, 7) is 5.07. The largest absolute Gasteiger partial charge is 0.381 e. The summed E-state index contributed by atoms with van der Waals surface area (Å²) in [5.41, 5.74) is 1.34. The van der Waals surface area contributed by atoms with Gasteiger partial charge in [-0.2, -0.15) is 0 Å². The van der Waals surface area contributed by atoms with Crippen LogP contribution in [0.3, 0.4) is 0 Å². The van der Waals surface area contributed by atoms with E-state index in [-0.39, 0.29) is 0 Å². The number of rotatable bonds is 9. The van der Waals surface area contributed by atoms with Gasteiger partial charge >= 0.3 is 0 Å². The van der Waals surface area contributed by atoms with Crippen LogP contribution in [-0.2, 0) is 11.2 Å². The van der Waals surface area contributed by atoms with E-state index in [1.165, 1.54) is 18.4 Å². The van der Waals surface area contributed by atoms with Crippen LogP contribution in [0.25, 0.3) is 0 Å². The fraction of sp³-hybridized carbons (Fsp3) is 0.667. The molecule has 1 aromatic heterocycles. The predicted octanol–water partition coefficient (Wildman–Crippen LogP) is 2.42. The number of nitrogens with zero attached hydrogens (tertiary/aromatic N) is 1. The van der Waals surface area contributed by atoms with Crippen LogP contribution in [0.5, 0.6) is 0 Å². The van der Waals surface area contributed by atoms with Crippen molar-refractivity contribution in [2.75, 3.05) is 19.8 Å². The van der Waals surface area contributed by atoms with Crippen LogP contribution in [0, 0.1) is 5.92 Å². The molecule has 0 amide bonds. The highest BCUT2D eigenvalue weighted by Gasteiger charge is 2.20. The summed E-state index contributed by atoms with van der Waals surface area (Å²) >= 11 is 0. The Bertz CT molecular complexity index is 325. The minimum atomic E-state index is 0.617. The standard InChI is InChI=1S/C15H24N2O/c1-13(11-17-15-4-5-15)12-18-10-2-3-14-6-8-16-9-7-14/h6-9,13,15,17H,2-5,10-12H2,1H3. The third-order valence-corrected chi connectivity index (χ3v) is 3.24. The number of nitrogens with one attached hydrogen (secondary N) is 1. The van der Waals surface area contributed by atoms with Gasteiger partial charge < -0.3 is 10.1 Å². The van der Waals surface area contributed by atoms with Gasteiger partial charge in [-0.15, -0.1) is 0 Å². The van der Waals surface area contributed by atoms with E-state index in [0.29, 0.717) is 5.92 Å². The average Bonchev–Trinajstić information content (AvgIpc) is 3.21. The topological polar surface area (TPSA) is 34.1 Å². The summed E-state index contributed by atoms with van der Waals surface area (Å²) in [6, 6.07) is 4.95. The van der Waals surface area contributed by atoms with Gasteiger partial charge in [0.2, 0.25) is 0 Å². The number of aryl methyl sites for hydroxylation is 1. The SMILES string of the molecule is CC(CNC1CC1)COCCCc1ccncc1. The molecule has 1 saturated carbocycles. The molecule has 100 valence electrons. The Morgan fingerprint density at radius 2 is 2.17 bits per heavy atom. The van der Waals surface area contributed by atoms with Gasteiger partial charge in [-0.3, -0.25) is 4.98 Å². The Hall–Kier alpha value is -0.930. The molecule has 1 aliphatic carbocycles. The first-order chi connectivity index (χ1) is 8.84. The van der Waals surface area contributed by atoms with Gasteiger partial charge in [0.05, 0.1) is 6.61 Å². The van der Waals surface area contributed by atoms with Crippen molar-refractivity contribution < 1.29 is 4.74 Å². The van der Waals surface area contributed by atoms with Gasteiger partial charge in [0.1, 0.15) is 0 Å². The number of aromatic nitrogens is 1. The van der Waals surface area contributed by atoms with Gasteiger partial charge in [-0.25, -0.2) is 0 Å². The zero-order valence-corrected chi connectivity index (χ0v) is 11.3. The van der Waals surface area contributed by atoms with Gasteiger partial charge in [0.25, 0.3) is 0 Å². The monoisotopic (exact) mass is 248 g/mol. The summed E-state index contributed by atoms with van der Waals surface area (Å²) in [4.78, 5) is 4.01. The van der Waals surface area contributed by atoms with Crippen molar-refractivity contribution in [3.63, 3.8) is 0 Å². The molecule has 1 atom stereocenters. The Balaban J connectivity index is 1.45. The van der Waals surface area contributed by atoms with Crippen molar-refractivity contribution in [3.05, 3.63) is 30.1 Å². The van der Waals surface area contributed by atoms with Crippen LogP contribution in [0.2, 0.25) is 0 Å². The van der Waals surface area contributed by atoms with Crippen molar-refractivity contribution in [3.8, 4) is 0 Å². The molecule has 1 fully saturated rings. The zero-order chi connectivity index (χ0) is 12.6. The number of pyridine rings is 1. The van der Waals surface area contributed by atoms with Crippen LogP contribution in [0.1, 0.15) is 31.7 Å². The van der Waals surface area contributed by atoms with Crippen molar-refractivity contribution in [1.29, 1.82) is 0 Å². The third-order valence-electron chi connectivity index (χ3n) is 3.24. The van der Waals surface area contributed by atoms with E-state index in [0.717, 1.165) is 38.6 Å². The summed E-state index contributed by atoms with van der Waals surface area (Å²) in [7, 11) is 0. The molecular formula is C15H24N2O. The Kier molecular flexibility index (Phi) is 5.62. The average molecular weight is 248 g/mol. The molecule has 3 heteroatoms. The van der Waals surface area contributed by atoms with E-state index >= 15 is 0 Å². The molecule has 0 aliphatic heterocycles. The molecule has 18 heavy (non-hydrogen) atoms. The number of ether oxygens (including phenoxy) is 1. The molecule has 2 rings (SSSR count). The third kappa shape index (κ3) is 5.61. The van der Waals surface area contributed by atoms with E-state index in [4.69, 9.17) is 4.74 Å². The number of hydrogen-bond donors (Lipinski definition) is 1. The van der Waals surface area contributed by atoms with Gasteiger partial charge in [0.15, 0.2) is 0 Å². The zero-order valence-electron chi connectivity index (χ0n) is 11.3. The highest BCUT2D eigenvalue weighted by molar-refractivity contribution is 5.09. The minimum Gasteiger partial charge on any atom is -0.381 e. The first-order valence-corrected chi connectivity index (χ1v) is 7.04. The summed E-state index contributed by atoms with van der Waals surface area (Å²) in [6.07, 6.45) is 8.59. The first-order valence-electron chi connectivity index (χ1n) is 7.04. The van der Waals surface area contributed by atoms with E-state index in [1.807, 2.05) is 12.4 Å². The van der Waals surface area contributed by atoms with Crippen LogP contribution >= 0.6 is 0 Å². The fourth-order valence-electron chi connectivity index (χ4n) is 1.93. The summed E-state index contributed by atoms with van der Waals surface area (Å²) in [5.74, 6) is 0.617. The van der Waals surface area contributed by atoms with E-state index in [1.54, 1.807) is 0 Å². The Labute approximate surface area is 110 Å². The first kappa shape index (κ1) is 13.5. The van der Waals surface area contributed by atoms with E-state index < -0.39 is 0 Å². The van der Waals surface area contributed by atoms with Crippen LogP contribution in [-0.4, -0.2) is 30.8 Å². The maximum absolute atomic E-state index is 5.71. The molecule has 3 nitrogen and oxygen atoms in total. The van der Waals surface area contributed by atoms with Crippen LogP contribution in [0.4, 0.5) is 0 Å². The Morgan fingerprint density at radius 1 is 1.39 bits per heavy atom. The van der Waals surface area contributed by atoms with Gasteiger partial charge in [-0.1, -0.05) is 6.92 Å². The number of hydrogen-bond acceptors (Lipinski definition) is 3. The highest BCUT2D eigenvalue weighted by atomic mass is 16.5. The fourth-order valence-corrected chi connectivity index (χ4v) is 1.93. The Morgan fingerprint density at radius 3 is 2.89 bits per heavy atom. The molecule has 0 aromatic carbocycles. The predicted molar refractivity (Wildman–Crippen MR) is 73.6 cm³/mol. The van der Waals surface area contributed by atoms with Crippen LogP contribution < -0.4 is 5.32 Å². The highest BCUT2D eigenvalue weighted by Crippen LogP contribution is 2.18. The molecule has 1 aliphatic rings. The van der Waals surface area contributed by atoms with E-state index in [2.05, 4.69) is 29.4 Å². The van der Waals surface area contributed by atoms with Crippen molar-refractivity contribution in [2.45, 2.75) is 38.6 Å². The lowest BCUT2D eigenvalue weighted by Crippen LogP contribution is -2.25. The molecule has 0 spiro atoms. The summed E-state index contributed by atoms with van der Waals surface area (Å²) in [5, 5.41) is 3.54. The van der Waals surface area contributed by atoms with Gasteiger partial charge in [0, 0.05) is 31.6 Å². The molecule has 1 aromatic rings. The molecular weight excluding hydrogens is 224 g/mol. The molecule has 0 bridgehead atoms. The molecule has 1 unspecified atom stereocenters. The maximum atomic E-state index is 5.71. The van der Waals surface area contributed by atoms with Crippen molar-refractivity contribution in [1.82, 2.24) is 10.3 Å². The van der Waals surface area contributed by atoms with Gasteiger partial charge in [-0.05, 0) is 49.3 Å².